The molecule has 144 valence electrons. The molecule has 3 aliphatic carbocycles. The molecule has 0 amide bonds. The maximum atomic E-state index is 11.9. The molecule has 2 saturated carbocycles. The Morgan fingerprint density at radius 3 is 2.85 bits per heavy atom. The van der Waals surface area contributed by atoms with E-state index in [1.807, 2.05) is 6.07 Å². The number of nitrogens with zero attached hydrogens (tertiary/aromatic N) is 2. The topological polar surface area (TPSA) is 91.6 Å². The first-order chi connectivity index (χ1) is 12.9. The number of hydrogen-bond acceptors (Lipinski definition) is 7. The van der Waals surface area contributed by atoms with Crippen LogP contribution < -0.4 is 4.74 Å². The summed E-state index contributed by atoms with van der Waals surface area (Å²) in [6.45, 7) is 2.20. The van der Waals surface area contributed by atoms with Gasteiger partial charge >= 0.3 is 5.97 Å². The first-order valence-corrected chi connectivity index (χ1v) is 9.41. The third-order valence-electron chi connectivity index (χ3n) is 7.60. The van der Waals surface area contributed by atoms with Gasteiger partial charge in [0.05, 0.1) is 12.5 Å². The number of likely N-dealkylation sites (tertiary alicyclic amines) is 1. The number of oxime groups is 1. The molecule has 1 aliphatic heterocycles. The number of rotatable bonds is 2. The summed E-state index contributed by atoms with van der Waals surface area (Å²) < 4.78 is 11.2. The summed E-state index contributed by atoms with van der Waals surface area (Å²) in [6, 6.07) is 4.05. The van der Waals surface area contributed by atoms with Gasteiger partial charge in [-0.25, -0.2) is 0 Å². The molecule has 4 aliphatic rings. The van der Waals surface area contributed by atoms with E-state index in [4.69, 9.17) is 9.47 Å². The van der Waals surface area contributed by atoms with E-state index < -0.39 is 17.5 Å². The lowest BCUT2D eigenvalue weighted by Gasteiger charge is -2.57. The van der Waals surface area contributed by atoms with Crippen molar-refractivity contribution in [1.82, 2.24) is 4.90 Å². The third kappa shape index (κ3) is 1.72. The van der Waals surface area contributed by atoms with E-state index in [-0.39, 0.29) is 23.1 Å². The molecule has 5 atom stereocenters. The Bertz CT molecular complexity index is 883. The summed E-state index contributed by atoms with van der Waals surface area (Å²) in [5, 5.41) is 24.5. The van der Waals surface area contributed by atoms with Gasteiger partial charge in [-0.15, -0.1) is 0 Å². The number of piperidine rings is 1. The zero-order valence-corrected chi connectivity index (χ0v) is 15.7. The molecule has 2 bridgehead atoms. The van der Waals surface area contributed by atoms with Crippen molar-refractivity contribution < 1.29 is 24.6 Å². The summed E-state index contributed by atoms with van der Waals surface area (Å²) in [5.74, 6) is 0.207. The second-order valence-electron chi connectivity index (χ2n) is 8.38. The number of phenolic OH excluding ortho intramolecular Hbond substituents is 1. The number of methoxy groups -OCH3 is 1. The molecule has 2 N–H and O–H groups in total. The van der Waals surface area contributed by atoms with Crippen LogP contribution in [-0.2, 0) is 21.4 Å². The molecule has 1 aromatic carbocycles. The predicted molar refractivity (Wildman–Crippen MR) is 96.4 cm³/mol. The standard InChI is InChI=1S/C20H24N2O5/c1-10(23)27-18-16(21-25)12-9-20(12)14-8-11-4-5-13(26-3)17(24)15(11)19(18,20)6-7-22(14)2/h4-5,12,14,18,24-25H,6-9H2,1-3H3/b21-16-/t12?,14-,18+,19?,20?/m0/s1. The number of benzene rings is 1. The molecule has 27 heavy (non-hydrogen) atoms. The lowest BCUT2D eigenvalue weighted by molar-refractivity contribution is -0.150. The van der Waals surface area contributed by atoms with Gasteiger partial charge < -0.3 is 24.7 Å². The number of esters is 1. The van der Waals surface area contributed by atoms with Gasteiger partial charge in [-0.1, -0.05) is 11.2 Å². The van der Waals surface area contributed by atoms with Gasteiger partial charge in [0.2, 0.25) is 0 Å². The van der Waals surface area contributed by atoms with E-state index in [1.54, 1.807) is 6.07 Å². The van der Waals surface area contributed by atoms with E-state index in [0.29, 0.717) is 11.5 Å². The van der Waals surface area contributed by atoms with Gasteiger partial charge in [-0.3, -0.25) is 4.79 Å². The number of ether oxygens (including phenoxy) is 2. The quantitative estimate of drug-likeness (QED) is 0.466. The number of carbonyl (C=O) groups excluding carboxylic acids is 1. The molecule has 1 heterocycles. The Balaban J connectivity index is 1.83. The fraction of sp³-hybridized carbons (Fsp3) is 0.600. The average Bonchev–Trinajstić information content (AvgIpc) is 3.29. The van der Waals surface area contributed by atoms with Crippen LogP contribution in [0.4, 0.5) is 0 Å². The molecule has 7 heteroatoms. The minimum Gasteiger partial charge on any atom is -0.504 e. The van der Waals surface area contributed by atoms with Gasteiger partial charge in [0, 0.05) is 29.9 Å². The molecule has 1 aromatic rings. The second kappa shape index (κ2) is 5.16. The number of phenols is 1. The highest BCUT2D eigenvalue weighted by atomic mass is 16.5. The van der Waals surface area contributed by atoms with Crippen molar-refractivity contribution in [2.24, 2.45) is 16.5 Å². The molecular formula is C20H24N2O5. The van der Waals surface area contributed by atoms with Crippen molar-refractivity contribution in [3.63, 3.8) is 0 Å². The summed E-state index contributed by atoms with van der Waals surface area (Å²) in [5.41, 5.74) is 1.64. The van der Waals surface area contributed by atoms with Gasteiger partial charge in [0.15, 0.2) is 17.6 Å². The van der Waals surface area contributed by atoms with Crippen LogP contribution in [0.5, 0.6) is 11.5 Å². The van der Waals surface area contributed by atoms with Crippen molar-refractivity contribution in [3.8, 4) is 11.5 Å². The van der Waals surface area contributed by atoms with E-state index in [1.165, 1.54) is 14.0 Å². The normalized spacial score (nSPS) is 40.1. The molecule has 1 spiro atoms. The lowest BCUT2D eigenvalue weighted by atomic mass is 9.54. The Kier molecular flexibility index (Phi) is 3.22. The SMILES string of the molecule is COc1ccc2c(c1O)C13CCN(C)[C@@H](C2)C12CC2/C(=N/O)[C@H]3OC(C)=O. The Labute approximate surface area is 157 Å². The maximum absolute atomic E-state index is 11.9. The van der Waals surface area contributed by atoms with Gasteiger partial charge in [0.1, 0.15) is 5.71 Å². The molecule has 3 fully saturated rings. The Hall–Kier alpha value is -2.28. The minimum atomic E-state index is -0.660. The number of hydrogen-bond donors (Lipinski definition) is 2. The Morgan fingerprint density at radius 1 is 1.41 bits per heavy atom. The van der Waals surface area contributed by atoms with Crippen LogP contribution >= 0.6 is 0 Å². The van der Waals surface area contributed by atoms with Crippen molar-refractivity contribution in [2.75, 3.05) is 20.7 Å². The highest BCUT2D eigenvalue weighted by Crippen LogP contribution is 2.79. The van der Waals surface area contributed by atoms with Gasteiger partial charge in [0.25, 0.3) is 0 Å². The number of likely N-dealkylation sites (N-methyl/N-ethyl adjacent to an activating group) is 1. The van der Waals surface area contributed by atoms with E-state index >= 15 is 0 Å². The monoisotopic (exact) mass is 372 g/mol. The minimum absolute atomic E-state index is 0.0679. The van der Waals surface area contributed by atoms with Gasteiger partial charge in [-0.2, -0.15) is 0 Å². The number of aromatic hydroxyl groups is 1. The highest BCUT2D eigenvalue weighted by molar-refractivity contribution is 6.01. The summed E-state index contributed by atoms with van der Waals surface area (Å²) >= 11 is 0. The van der Waals surface area contributed by atoms with Crippen LogP contribution in [0.3, 0.4) is 0 Å². The first-order valence-electron chi connectivity index (χ1n) is 9.41. The number of fused-ring (bicyclic) bond motifs is 1. The van der Waals surface area contributed by atoms with Crippen LogP contribution in [0.1, 0.15) is 30.9 Å². The summed E-state index contributed by atoms with van der Waals surface area (Å²) in [7, 11) is 3.66. The molecule has 3 unspecified atom stereocenters. The maximum Gasteiger partial charge on any atom is 0.303 e. The fourth-order valence-corrected chi connectivity index (χ4v) is 6.68. The van der Waals surface area contributed by atoms with E-state index in [9.17, 15) is 15.1 Å². The molecule has 7 nitrogen and oxygen atoms in total. The molecule has 1 saturated heterocycles. The fourth-order valence-electron chi connectivity index (χ4n) is 6.68. The second-order valence-corrected chi connectivity index (χ2v) is 8.38. The van der Waals surface area contributed by atoms with Crippen molar-refractivity contribution >= 4 is 11.7 Å². The van der Waals surface area contributed by atoms with E-state index in [2.05, 4.69) is 17.1 Å². The third-order valence-corrected chi connectivity index (χ3v) is 7.60. The van der Waals surface area contributed by atoms with Gasteiger partial charge in [-0.05, 0) is 44.5 Å². The zero-order chi connectivity index (χ0) is 19.1. The molecule has 5 rings (SSSR count). The zero-order valence-electron chi connectivity index (χ0n) is 15.7. The van der Waals surface area contributed by atoms with Crippen molar-refractivity contribution in [1.29, 1.82) is 0 Å². The van der Waals surface area contributed by atoms with Crippen LogP contribution in [-0.4, -0.2) is 59.7 Å². The first kappa shape index (κ1) is 16.9. The molecule has 0 radical (unpaired) electrons. The Morgan fingerprint density at radius 2 is 2.19 bits per heavy atom. The predicted octanol–water partition coefficient (Wildman–Crippen LogP) is 1.68. The molecular weight excluding hydrogens is 348 g/mol. The van der Waals surface area contributed by atoms with E-state index in [0.717, 1.165) is 36.9 Å². The van der Waals surface area contributed by atoms with Crippen LogP contribution in [0.2, 0.25) is 0 Å². The van der Waals surface area contributed by atoms with Crippen LogP contribution in [0.25, 0.3) is 0 Å². The smallest absolute Gasteiger partial charge is 0.303 e. The average molecular weight is 372 g/mol. The van der Waals surface area contributed by atoms with Crippen LogP contribution in [0, 0.1) is 11.3 Å². The summed E-state index contributed by atoms with van der Waals surface area (Å²) in [4.78, 5) is 14.3. The number of carbonyl (C=O) groups is 1. The van der Waals surface area contributed by atoms with Crippen molar-refractivity contribution in [3.05, 3.63) is 23.3 Å². The lowest BCUT2D eigenvalue weighted by Crippen LogP contribution is -2.63. The van der Waals surface area contributed by atoms with Crippen molar-refractivity contribution in [2.45, 2.75) is 43.7 Å². The van der Waals surface area contributed by atoms with Crippen LogP contribution in [0.15, 0.2) is 17.3 Å². The summed E-state index contributed by atoms with van der Waals surface area (Å²) in [6.07, 6.45) is 1.76. The molecule has 0 aromatic heterocycles. The highest BCUT2D eigenvalue weighted by Gasteiger charge is 2.84. The largest absolute Gasteiger partial charge is 0.504 e.